The van der Waals surface area contributed by atoms with Gasteiger partial charge in [0.15, 0.2) is 0 Å². The highest BCUT2D eigenvalue weighted by Gasteiger charge is 2.41. The zero-order chi connectivity index (χ0) is 14.3. The van der Waals surface area contributed by atoms with Crippen LogP contribution in [0.3, 0.4) is 0 Å². The predicted molar refractivity (Wildman–Crippen MR) is 73.4 cm³/mol. The summed E-state index contributed by atoms with van der Waals surface area (Å²) < 4.78 is 5.72. The minimum Gasteiger partial charge on any atom is -0.376 e. The van der Waals surface area contributed by atoms with Gasteiger partial charge in [-0.2, -0.15) is 0 Å². The lowest BCUT2D eigenvalue weighted by Crippen LogP contribution is -2.41. The second-order valence-corrected chi connectivity index (χ2v) is 6.80. The number of rotatable bonds is 3. The summed E-state index contributed by atoms with van der Waals surface area (Å²) in [6.45, 7) is 6.82. The van der Waals surface area contributed by atoms with E-state index in [2.05, 4.69) is 20.5 Å². The zero-order valence-corrected chi connectivity index (χ0v) is 12.3. The van der Waals surface area contributed by atoms with Gasteiger partial charge in [-0.05, 0) is 25.2 Å². The van der Waals surface area contributed by atoms with Gasteiger partial charge in [-0.3, -0.25) is 9.89 Å². The number of carbonyl (C=O) groups excluding carboxylic acids is 1. The van der Waals surface area contributed by atoms with Crippen LogP contribution in [0.1, 0.15) is 56.5 Å². The Bertz CT molecular complexity index is 502. The molecule has 1 aromatic rings. The Kier molecular flexibility index (Phi) is 3.28. The molecule has 3 rings (SSSR count). The summed E-state index contributed by atoms with van der Waals surface area (Å²) >= 11 is 0. The second-order valence-electron chi connectivity index (χ2n) is 6.80. The first-order valence-corrected chi connectivity index (χ1v) is 7.30. The fourth-order valence-corrected chi connectivity index (χ4v) is 2.59. The van der Waals surface area contributed by atoms with Crippen molar-refractivity contribution >= 4 is 5.91 Å². The average molecular weight is 278 g/mol. The van der Waals surface area contributed by atoms with Crippen LogP contribution in [0, 0.1) is 5.92 Å². The van der Waals surface area contributed by atoms with Gasteiger partial charge in [0.2, 0.25) is 5.82 Å². The molecule has 1 aliphatic carbocycles. The second kappa shape index (κ2) is 4.84. The van der Waals surface area contributed by atoms with Gasteiger partial charge in [-0.15, -0.1) is 5.10 Å². The number of amides is 1. The van der Waals surface area contributed by atoms with Gasteiger partial charge in [0.25, 0.3) is 5.91 Å². The predicted octanol–water partition coefficient (Wildman–Crippen LogP) is 1.40. The zero-order valence-electron chi connectivity index (χ0n) is 12.3. The number of nitrogens with one attached hydrogen (secondary N) is 2. The van der Waals surface area contributed by atoms with Gasteiger partial charge < -0.3 is 10.1 Å². The molecule has 6 nitrogen and oxygen atoms in total. The monoisotopic (exact) mass is 278 g/mol. The van der Waals surface area contributed by atoms with Crippen LogP contribution in [-0.4, -0.2) is 39.8 Å². The number of aromatic nitrogens is 3. The lowest BCUT2D eigenvalue weighted by atomic mass is 9.96. The largest absolute Gasteiger partial charge is 0.376 e. The third-order valence-electron chi connectivity index (χ3n) is 3.94. The standard InChI is InChI=1S/C14H22N4O2/c1-14(2,3)13-16-11(17-18-13)12(19)15-9-6-7-20-10(9)8-4-5-8/h8-10H,4-7H2,1-3H3,(H,15,19)(H,16,17,18). The Balaban J connectivity index is 1.65. The summed E-state index contributed by atoms with van der Waals surface area (Å²) in [6.07, 6.45) is 3.49. The third kappa shape index (κ3) is 2.70. The first-order chi connectivity index (χ1) is 9.45. The first kappa shape index (κ1) is 13.5. The maximum absolute atomic E-state index is 12.2. The van der Waals surface area contributed by atoms with Gasteiger partial charge in [0.05, 0.1) is 12.1 Å². The third-order valence-corrected chi connectivity index (χ3v) is 3.94. The molecule has 6 heteroatoms. The maximum Gasteiger partial charge on any atom is 0.291 e. The minimum absolute atomic E-state index is 0.103. The van der Waals surface area contributed by atoms with Crippen LogP contribution in [0.4, 0.5) is 0 Å². The van der Waals surface area contributed by atoms with Crippen LogP contribution in [0.5, 0.6) is 0 Å². The molecule has 1 saturated carbocycles. The Hall–Kier alpha value is -1.43. The lowest BCUT2D eigenvalue weighted by molar-refractivity contribution is 0.0725. The van der Waals surface area contributed by atoms with Crippen molar-refractivity contribution in [3.8, 4) is 0 Å². The van der Waals surface area contributed by atoms with Crippen LogP contribution >= 0.6 is 0 Å². The Morgan fingerprint density at radius 1 is 1.35 bits per heavy atom. The van der Waals surface area contributed by atoms with Gasteiger partial charge in [0.1, 0.15) is 5.82 Å². The quantitative estimate of drug-likeness (QED) is 0.876. The maximum atomic E-state index is 12.2. The number of ether oxygens (including phenoxy) is 1. The van der Waals surface area contributed by atoms with Crippen molar-refractivity contribution in [3.63, 3.8) is 0 Å². The highest BCUT2D eigenvalue weighted by atomic mass is 16.5. The van der Waals surface area contributed by atoms with E-state index in [-0.39, 0.29) is 29.3 Å². The molecule has 0 bridgehead atoms. The molecular formula is C14H22N4O2. The van der Waals surface area contributed by atoms with Gasteiger partial charge in [-0.25, -0.2) is 4.98 Å². The lowest BCUT2D eigenvalue weighted by Gasteiger charge is -2.18. The van der Waals surface area contributed by atoms with E-state index in [9.17, 15) is 4.79 Å². The summed E-state index contributed by atoms with van der Waals surface area (Å²) in [5.74, 6) is 1.36. The van der Waals surface area contributed by atoms with E-state index in [1.807, 2.05) is 20.8 Å². The van der Waals surface area contributed by atoms with Crippen molar-refractivity contribution in [2.75, 3.05) is 6.61 Å². The average Bonchev–Trinajstić information content (AvgIpc) is 2.91. The van der Waals surface area contributed by atoms with Crippen LogP contribution in [0.15, 0.2) is 0 Å². The Labute approximate surface area is 118 Å². The van der Waals surface area contributed by atoms with E-state index in [1.54, 1.807) is 0 Å². The van der Waals surface area contributed by atoms with Crippen molar-refractivity contribution in [2.24, 2.45) is 5.92 Å². The Morgan fingerprint density at radius 2 is 2.10 bits per heavy atom. The van der Waals surface area contributed by atoms with Gasteiger partial charge in [0, 0.05) is 12.0 Å². The molecule has 2 heterocycles. The molecule has 2 N–H and O–H groups in total. The molecule has 20 heavy (non-hydrogen) atoms. The van der Waals surface area contributed by atoms with Gasteiger partial charge >= 0.3 is 0 Å². The molecular weight excluding hydrogens is 256 g/mol. The number of carbonyl (C=O) groups is 1. The first-order valence-electron chi connectivity index (χ1n) is 7.30. The molecule has 2 aliphatic rings. The molecule has 1 saturated heterocycles. The van der Waals surface area contributed by atoms with E-state index in [0.717, 1.165) is 18.9 Å². The smallest absolute Gasteiger partial charge is 0.291 e. The molecule has 2 unspecified atom stereocenters. The molecule has 0 radical (unpaired) electrons. The fourth-order valence-electron chi connectivity index (χ4n) is 2.59. The van der Waals surface area contributed by atoms with Crippen molar-refractivity contribution in [1.29, 1.82) is 0 Å². The number of hydrogen-bond acceptors (Lipinski definition) is 4. The Morgan fingerprint density at radius 3 is 2.70 bits per heavy atom. The summed E-state index contributed by atoms with van der Waals surface area (Å²) in [4.78, 5) is 16.5. The summed E-state index contributed by atoms with van der Waals surface area (Å²) in [7, 11) is 0. The summed E-state index contributed by atoms with van der Waals surface area (Å²) in [6, 6.07) is 0.103. The van der Waals surface area contributed by atoms with Crippen LogP contribution in [0.2, 0.25) is 0 Å². The van der Waals surface area contributed by atoms with E-state index in [1.165, 1.54) is 12.8 Å². The minimum atomic E-state index is -0.210. The van der Waals surface area contributed by atoms with Crippen LogP contribution < -0.4 is 5.32 Å². The van der Waals surface area contributed by atoms with Crippen LogP contribution in [0.25, 0.3) is 0 Å². The summed E-state index contributed by atoms with van der Waals surface area (Å²) in [5.41, 5.74) is -0.140. The van der Waals surface area contributed by atoms with Gasteiger partial charge in [-0.1, -0.05) is 20.8 Å². The van der Waals surface area contributed by atoms with Crippen LogP contribution in [-0.2, 0) is 10.2 Å². The molecule has 2 fully saturated rings. The van der Waals surface area contributed by atoms with Crippen molar-refractivity contribution in [1.82, 2.24) is 20.5 Å². The van der Waals surface area contributed by atoms with E-state index < -0.39 is 0 Å². The summed E-state index contributed by atoms with van der Waals surface area (Å²) in [5, 5.41) is 9.89. The molecule has 110 valence electrons. The number of H-pyrrole nitrogens is 1. The SMILES string of the molecule is CC(C)(C)c1nc(C(=O)NC2CCOC2C2CC2)n[nH]1. The topological polar surface area (TPSA) is 79.9 Å². The van der Waals surface area contributed by atoms with E-state index in [4.69, 9.17) is 4.74 Å². The van der Waals surface area contributed by atoms with E-state index >= 15 is 0 Å². The number of nitrogens with zero attached hydrogens (tertiary/aromatic N) is 2. The highest BCUT2D eigenvalue weighted by Crippen LogP contribution is 2.38. The number of aromatic amines is 1. The molecule has 2 atom stereocenters. The molecule has 1 aromatic heterocycles. The fraction of sp³-hybridized carbons (Fsp3) is 0.786. The van der Waals surface area contributed by atoms with Crippen molar-refractivity contribution in [2.45, 2.75) is 57.6 Å². The van der Waals surface area contributed by atoms with E-state index in [0.29, 0.717) is 5.92 Å². The van der Waals surface area contributed by atoms with Crippen molar-refractivity contribution in [3.05, 3.63) is 11.6 Å². The highest BCUT2D eigenvalue weighted by molar-refractivity contribution is 5.90. The molecule has 1 aliphatic heterocycles. The number of hydrogen-bond donors (Lipinski definition) is 2. The normalized spacial score (nSPS) is 26.8. The molecule has 0 aromatic carbocycles. The molecule has 1 amide bonds. The van der Waals surface area contributed by atoms with Crippen molar-refractivity contribution < 1.29 is 9.53 Å². The molecule has 0 spiro atoms.